The van der Waals surface area contributed by atoms with Crippen molar-refractivity contribution in [2.24, 2.45) is 0 Å². The maximum absolute atomic E-state index is 12.6. The highest BCUT2D eigenvalue weighted by atomic mass is 16.1. The monoisotopic (exact) mass is 422 g/mol. The molecule has 4 rings (SSSR count). The Labute approximate surface area is 186 Å². The fourth-order valence-corrected chi connectivity index (χ4v) is 3.43. The van der Waals surface area contributed by atoms with Crippen LogP contribution in [0, 0.1) is 13.8 Å². The Morgan fingerprint density at radius 1 is 0.656 bits per heavy atom. The van der Waals surface area contributed by atoms with E-state index in [2.05, 4.69) is 10.2 Å². The Kier molecular flexibility index (Phi) is 6.03. The molecule has 6 heteroatoms. The van der Waals surface area contributed by atoms with Crippen LogP contribution in [0.5, 0.6) is 0 Å². The second-order valence-electron chi connectivity index (χ2n) is 7.23. The summed E-state index contributed by atoms with van der Waals surface area (Å²) in [7, 11) is 0. The summed E-state index contributed by atoms with van der Waals surface area (Å²) in [6.07, 6.45) is 9.12. The maximum Gasteiger partial charge on any atom is 0.189 e. The predicted molar refractivity (Wildman–Crippen MR) is 124 cm³/mol. The second-order valence-corrected chi connectivity index (χ2v) is 7.23. The van der Waals surface area contributed by atoms with Crippen molar-refractivity contribution in [2.75, 3.05) is 0 Å². The van der Waals surface area contributed by atoms with Gasteiger partial charge in [-0.2, -0.15) is 10.2 Å². The minimum atomic E-state index is -0.171. The van der Waals surface area contributed by atoms with Gasteiger partial charge in [-0.1, -0.05) is 48.6 Å². The molecule has 0 unspecified atom stereocenters. The first kappa shape index (κ1) is 20.9. The number of allylic oxidation sites excluding steroid dienone is 4. The summed E-state index contributed by atoms with van der Waals surface area (Å²) in [6.45, 7) is 3.71. The molecule has 4 aromatic rings. The van der Waals surface area contributed by atoms with E-state index in [1.807, 2.05) is 74.5 Å². The lowest BCUT2D eigenvalue weighted by molar-refractivity contribution is 0.103. The van der Waals surface area contributed by atoms with Crippen LogP contribution in [0.3, 0.4) is 0 Å². The SMILES string of the molecule is Cc1c(C(=O)/C=C/C=C/C(=O)c2cnn(-c3ccccc3)c2C)cnn1-c1ccccc1. The molecule has 0 saturated carbocycles. The molecule has 0 atom stereocenters. The van der Waals surface area contributed by atoms with Gasteiger partial charge in [0.05, 0.1) is 46.3 Å². The third-order valence-electron chi connectivity index (χ3n) is 5.16. The number of nitrogens with zero attached hydrogens (tertiary/aromatic N) is 4. The normalized spacial score (nSPS) is 11.4. The summed E-state index contributed by atoms with van der Waals surface area (Å²) in [5.41, 5.74) is 4.34. The lowest BCUT2D eigenvalue weighted by Crippen LogP contribution is -2.01. The molecule has 0 aliphatic carbocycles. The van der Waals surface area contributed by atoms with Gasteiger partial charge in [0.1, 0.15) is 0 Å². The minimum Gasteiger partial charge on any atom is -0.289 e. The van der Waals surface area contributed by atoms with Crippen LogP contribution in [-0.2, 0) is 0 Å². The van der Waals surface area contributed by atoms with E-state index in [1.165, 1.54) is 12.2 Å². The number of benzene rings is 2. The quantitative estimate of drug-likeness (QED) is 0.242. The van der Waals surface area contributed by atoms with E-state index in [0.29, 0.717) is 11.1 Å². The zero-order chi connectivity index (χ0) is 22.5. The summed E-state index contributed by atoms with van der Waals surface area (Å²) >= 11 is 0. The molecule has 0 bridgehead atoms. The van der Waals surface area contributed by atoms with Crippen molar-refractivity contribution in [3.05, 3.63) is 120 Å². The van der Waals surface area contributed by atoms with Crippen LogP contribution in [-0.4, -0.2) is 31.1 Å². The van der Waals surface area contributed by atoms with Crippen LogP contribution in [0.4, 0.5) is 0 Å². The molecular formula is C26H22N4O2. The van der Waals surface area contributed by atoms with Crippen LogP contribution < -0.4 is 0 Å². The van der Waals surface area contributed by atoms with Gasteiger partial charge in [-0.15, -0.1) is 0 Å². The molecule has 2 heterocycles. The molecule has 0 radical (unpaired) electrons. The van der Waals surface area contributed by atoms with Crippen molar-refractivity contribution in [2.45, 2.75) is 13.8 Å². The van der Waals surface area contributed by atoms with Crippen molar-refractivity contribution in [1.82, 2.24) is 19.6 Å². The molecule has 32 heavy (non-hydrogen) atoms. The highest BCUT2D eigenvalue weighted by molar-refractivity contribution is 6.06. The van der Waals surface area contributed by atoms with E-state index < -0.39 is 0 Å². The fraction of sp³-hybridized carbons (Fsp3) is 0.0769. The van der Waals surface area contributed by atoms with Crippen molar-refractivity contribution in [3.63, 3.8) is 0 Å². The molecule has 0 aliphatic heterocycles. The van der Waals surface area contributed by atoms with Crippen LogP contribution in [0.1, 0.15) is 32.1 Å². The average Bonchev–Trinajstić information content (AvgIpc) is 3.40. The van der Waals surface area contributed by atoms with Gasteiger partial charge in [0, 0.05) is 0 Å². The number of carbonyl (C=O) groups excluding carboxylic acids is 2. The summed E-state index contributed by atoms with van der Waals surface area (Å²) in [6, 6.07) is 19.3. The number of carbonyl (C=O) groups is 2. The first-order chi connectivity index (χ1) is 15.6. The Bertz CT molecular complexity index is 1210. The molecule has 0 saturated heterocycles. The number of para-hydroxylation sites is 2. The zero-order valence-corrected chi connectivity index (χ0v) is 17.8. The topological polar surface area (TPSA) is 69.8 Å². The predicted octanol–water partition coefficient (Wildman–Crippen LogP) is 4.85. The molecular weight excluding hydrogens is 400 g/mol. The standard InChI is InChI=1S/C26H22N4O2/c1-19-23(17-27-29(19)21-11-5-3-6-12-21)25(31)15-9-10-16-26(32)24-18-28-30(20(24)2)22-13-7-4-8-14-22/h3-18H,1-2H3/b15-9+,16-10+. The van der Waals surface area contributed by atoms with E-state index in [4.69, 9.17) is 0 Å². The highest BCUT2D eigenvalue weighted by Gasteiger charge is 2.14. The number of hydrogen-bond donors (Lipinski definition) is 0. The molecule has 2 aromatic heterocycles. The molecule has 2 aromatic carbocycles. The lowest BCUT2D eigenvalue weighted by Gasteiger charge is -2.04. The number of rotatable bonds is 7. The molecule has 158 valence electrons. The average molecular weight is 422 g/mol. The molecule has 6 nitrogen and oxygen atoms in total. The Morgan fingerprint density at radius 2 is 1.03 bits per heavy atom. The van der Waals surface area contributed by atoms with E-state index >= 15 is 0 Å². The van der Waals surface area contributed by atoms with Gasteiger partial charge in [-0.3, -0.25) is 9.59 Å². The Morgan fingerprint density at radius 3 is 1.41 bits per heavy atom. The van der Waals surface area contributed by atoms with Crippen LogP contribution in [0.2, 0.25) is 0 Å². The van der Waals surface area contributed by atoms with Gasteiger partial charge in [-0.25, -0.2) is 9.36 Å². The van der Waals surface area contributed by atoms with Crippen molar-refractivity contribution in [1.29, 1.82) is 0 Å². The molecule has 0 aliphatic rings. The van der Waals surface area contributed by atoms with Crippen molar-refractivity contribution >= 4 is 11.6 Å². The maximum atomic E-state index is 12.6. The van der Waals surface area contributed by atoms with Gasteiger partial charge in [0.25, 0.3) is 0 Å². The number of ketones is 2. The highest BCUT2D eigenvalue weighted by Crippen LogP contribution is 2.16. The third kappa shape index (κ3) is 4.25. The Balaban J connectivity index is 1.44. The van der Waals surface area contributed by atoms with E-state index in [0.717, 1.165) is 22.8 Å². The van der Waals surface area contributed by atoms with Gasteiger partial charge < -0.3 is 0 Å². The molecule has 0 amide bonds. The number of hydrogen-bond acceptors (Lipinski definition) is 4. The number of aromatic nitrogens is 4. The van der Waals surface area contributed by atoms with Crippen LogP contribution in [0.25, 0.3) is 11.4 Å². The Hall–Kier alpha value is -4.32. The summed E-state index contributed by atoms with van der Waals surface area (Å²) in [5.74, 6) is -0.343. The summed E-state index contributed by atoms with van der Waals surface area (Å²) in [4.78, 5) is 25.1. The van der Waals surface area contributed by atoms with Gasteiger partial charge in [-0.05, 0) is 50.3 Å². The molecule has 0 N–H and O–H groups in total. The van der Waals surface area contributed by atoms with E-state index in [-0.39, 0.29) is 11.6 Å². The molecule has 0 spiro atoms. The largest absolute Gasteiger partial charge is 0.289 e. The van der Waals surface area contributed by atoms with Gasteiger partial charge >= 0.3 is 0 Å². The van der Waals surface area contributed by atoms with Crippen molar-refractivity contribution < 1.29 is 9.59 Å². The second kappa shape index (κ2) is 9.22. The summed E-state index contributed by atoms with van der Waals surface area (Å²) < 4.78 is 3.46. The van der Waals surface area contributed by atoms with E-state index in [9.17, 15) is 9.59 Å². The zero-order valence-electron chi connectivity index (χ0n) is 17.8. The van der Waals surface area contributed by atoms with Crippen LogP contribution in [0.15, 0.2) is 97.4 Å². The fourth-order valence-electron chi connectivity index (χ4n) is 3.43. The molecule has 0 fully saturated rings. The van der Waals surface area contributed by atoms with Gasteiger partial charge in [0.15, 0.2) is 11.6 Å². The minimum absolute atomic E-state index is 0.171. The smallest absolute Gasteiger partial charge is 0.189 e. The van der Waals surface area contributed by atoms with Gasteiger partial charge in [0.2, 0.25) is 0 Å². The third-order valence-corrected chi connectivity index (χ3v) is 5.16. The lowest BCUT2D eigenvalue weighted by atomic mass is 10.1. The van der Waals surface area contributed by atoms with Crippen molar-refractivity contribution in [3.8, 4) is 11.4 Å². The summed E-state index contributed by atoms with van der Waals surface area (Å²) in [5, 5.41) is 8.64. The van der Waals surface area contributed by atoms with Crippen LogP contribution >= 0.6 is 0 Å². The first-order valence-corrected chi connectivity index (χ1v) is 10.2. The van der Waals surface area contributed by atoms with E-state index in [1.54, 1.807) is 33.9 Å². The first-order valence-electron chi connectivity index (χ1n) is 10.2.